The molecule has 3 aromatic rings. The van der Waals surface area contributed by atoms with E-state index in [9.17, 15) is 9.50 Å². The second-order valence-electron chi connectivity index (χ2n) is 6.48. The predicted octanol–water partition coefficient (Wildman–Crippen LogP) is 3.38. The SMILES string of the molecule is Oc1ccc(C#Cc2ccc(N3CC[C@@H](Oc4ccccc4F)C3)nn2)cc1. The summed E-state index contributed by atoms with van der Waals surface area (Å²) in [5.41, 5.74) is 1.35. The van der Waals surface area contributed by atoms with E-state index in [0.29, 0.717) is 12.2 Å². The van der Waals surface area contributed by atoms with Crippen molar-refractivity contribution in [2.75, 3.05) is 18.0 Å². The molecule has 4 rings (SSSR count). The van der Waals surface area contributed by atoms with Crippen LogP contribution >= 0.6 is 0 Å². The third-order valence-corrected chi connectivity index (χ3v) is 4.45. The first-order valence-electron chi connectivity index (χ1n) is 8.98. The lowest BCUT2D eigenvalue weighted by atomic mass is 10.2. The molecule has 0 aliphatic carbocycles. The summed E-state index contributed by atoms with van der Waals surface area (Å²) >= 11 is 0. The van der Waals surface area contributed by atoms with Crippen molar-refractivity contribution in [3.8, 4) is 23.3 Å². The summed E-state index contributed by atoms with van der Waals surface area (Å²) in [6, 6.07) is 16.8. The second kappa shape index (κ2) is 7.97. The molecule has 0 bridgehead atoms. The molecular weight excluding hydrogens is 357 g/mol. The number of aromatic nitrogens is 2. The van der Waals surface area contributed by atoms with Crippen molar-refractivity contribution in [2.45, 2.75) is 12.5 Å². The number of rotatable bonds is 3. The zero-order valence-electron chi connectivity index (χ0n) is 15.0. The van der Waals surface area contributed by atoms with E-state index < -0.39 is 0 Å². The van der Waals surface area contributed by atoms with Crippen LogP contribution in [0, 0.1) is 17.7 Å². The van der Waals surface area contributed by atoms with Crippen molar-refractivity contribution >= 4 is 5.82 Å². The zero-order chi connectivity index (χ0) is 19.3. The van der Waals surface area contributed by atoms with Crippen LogP contribution in [0.2, 0.25) is 0 Å². The number of phenolic OH excluding ortho intramolecular Hbond substituents is 1. The van der Waals surface area contributed by atoms with E-state index in [1.165, 1.54) is 6.07 Å². The molecule has 1 aliphatic heterocycles. The molecule has 5 nitrogen and oxygen atoms in total. The Balaban J connectivity index is 1.38. The molecule has 1 atom stereocenters. The van der Waals surface area contributed by atoms with Gasteiger partial charge in [0.15, 0.2) is 17.4 Å². The molecule has 1 saturated heterocycles. The van der Waals surface area contributed by atoms with E-state index in [1.807, 2.05) is 12.1 Å². The number of nitrogens with zero attached hydrogens (tertiary/aromatic N) is 3. The monoisotopic (exact) mass is 375 g/mol. The summed E-state index contributed by atoms with van der Waals surface area (Å²) in [4.78, 5) is 2.07. The summed E-state index contributed by atoms with van der Waals surface area (Å²) in [6.07, 6.45) is 0.700. The average molecular weight is 375 g/mol. The Kier molecular flexibility index (Phi) is 5.07. The van der Waals surface area contributed by atoms with E-state index in [4.69, 9.17) is 4.74 Å². The van der Waals surface area contributed by atoms with Crippen molar-refractivity contribution in [1.82, 2.24) is 10.2 Å². The summed E-state index contributed by atoms with van der Waals surface area (Å²) < 4.78 is 19.5. The van der Waals surface area contributed by atoms with Gasteiger partial charge in [-0.3, -0.25) is 0 Å². The lowest BCUT2D eigenvalue weighted by Crippen LogP contribution is -2.25. The summed E-state index contributed by atoms with van der Waals surface area (Å²) in [5.74, 6) is 6.82. The fourth-order valence-electron chi connectivity index (χ4n) is 2.99. The molecule has 6 heteroatoms. The minimum Gasteiger partial charge on any atom is -0.508 e. The van der Waals surface area contributed by atoms with Crippen molar-refractivity contribution in [1.29, 1.82) is 0 Å². The molecular formula is C22H18FN3O2. The number of benzene rings is 2. The van der Waals surface area contributed by atoms with Gasteiger partial charge in [-0.05, 0) is 54.5 Å². The molecule has 2 aromatic carbocycles. The summed E-state index contributed by atoms with van der Waals surface area (Å²) in [5, 5.41) is 17.7. The maximum Gasteiger partial charge on any atom is 0.165 e. The molecule has 1 fully saturated rings. The van der Waals surface area contributed by atoms with Gasteiger partial charge in [-0.15, -0.1) is 10.2 Å². The second-order valence-corrected chi connectivity index (χ2v) is 6.48. The number of aromatic hydroxyl groups is 1. The minimum atomic E-state index is -0.350. The van der Waals surface area contributed by atoms with Gasteiger partial charge in [0.2, 0.25) is 0 Å². The van der Waals surface area contributed by atoms with Gasteiger partial charge in [0.25, 0.3) is 0 Å². The molecule has 0 unspecified atom stereocenters. The van der Waals surface area contributed by atoms with Crippen LogP contribution in [-0.4, -0.2) is 34.5 Å². The molecule has 2 heterocycles. The number of ether oxygens (including phenoxy) is 1. The number of hydrogen-bond acceptors (Lipinski definition) is 5. The standard InChI is InChI=1S/C22H18FN3O2/c23-20-3-1-2-4-21(20)28-19-13-14-26(15-19)22-12-9-17(24-25-22)8-5-16-6-10-18(27)11-7-16/h1-4,6-7,9-12,19,27H,13-15H2/t19-/m1/s1. The number of halogens is 1. The Morgan fingerprint density at radius 2 is 1.82 bits per heavy atom. The fourth-order valence-corrected chi connectivity index (χ4v) is 2.99. The van der Waals surface area contributed by atoms with Gasteiger partial charge in [0.1, 0.15) is 17.5 Å². The average Bonchev–Trinajstić information content (AvgIpc) is 3.18. The molecule has 0 amide bonds. The van der Waals surface area contributed by atoms with Gasteiger partial charge >= 0.3 is 0 Å². The zero-order valence-corrected chi connectivity index (χ0v) is 15.0. The van der Waals surface area contributed by atoms with E-state index in [1.54, 1.807) is 42.5 Å². The number of para-hydroxylation sites is 1. The van der Waals surface area contributed by atoms with Gasteiger partial charge in [0.05, 0.1) is 6.54 Å². The molecule has 1 aromatic heterocycles. The van der Waals surface area contributed by atoms with Crippen molar-refractivity contribution in [3.63, 3.8) is 0 Å². The van der Waals surface area contributed by atoms with Crippen molar-refractivity contribution in [2.24, 2.45) is 0 Å². The highest BCUT2D eigenvalue weighted by Gasteiger charge is 2.25. The van der Waals surface area contributed by atoms with Crippen LogP contribution < -0.4 is 9.64 Å². The van der Waals surface area contributed by atoms with Crippen LogP contribution in [0.4, 0.5) is 10.2 Å². The molecule has 0 saturated carbocycles. The third-order valence-electron chi connectivity index (χ3n) is 4.45. The molecule has 1 N–H and O–H groups in total. The predicted molar refractivity (Wildman–Crippen MR) is 104 cm³/mol. The van der Waals surface area contributed by atoms with Crippen LogP contribution in [0.3, 0.4) is 0 Å². The highest BCUT2D eigenvalue weighted by molar-refractivity contribution is 5.45. The van der Waals surface area contributed by atoms with Gasteiger partial charge in [-0.2, -0.15) is 0 Å². The minimum absolute atomic E-state index is 0.0901. The highest BCUT2D eigenvalue weighted by Crippen LogP contribution is 2.23. The van der Waals surface area contributed by atoms with Crippen LogP contribution in [0.25, 0.3) is 0 Å². The Morgan fingerprint density at radius 1 is 1.00 bits per heavy atom. The third kappa shape index (κ3) is 4.21. The largest absolute Gasteiger partial charge is 0.508 e. The summed E-state index contributed by atoms with van der Waals surface area (Å²) in [6.45, 7) is 1.40. The quantitative estimate of drug-likeness (QED) is 0.712. The highest BCUT2D eigenvalue weighted by atomic mass is 19.1. The number of anilines is 1. The van der Waals surface area contributed by atoms with Crippen LogP contribution in [0.5, 0.6) is 11.5 Å². The Labute approximate surface area is 162 Å². The molecule has 28 heavy (non-hydrogen) atoms. The summed E-state index contributed by atoms with van der Waals surface area (Å²) in [7, 11) is 0. The topological polar surface area (TPSA) is 58.5 Å². The Morgan fingerprint density at radius 3 is 2.57 bits per heavy atom. The number of phenols is 1. The first kappa shape index (κ1) is 17.8. The van der Waals surface area contributed by atoms with Crippen molar-refractivity contribution in [3.05, 3.63) is 77.7 Å². The maximum atomic E-state index is 13.7. The van der Waals surface area contributed by atoms with E-state index in [-0.39, 0.29) is 23.4 Å². The van der Waals surface area contributed by atoms with Gasteiger partial charge in [-0.1, -0.05) is 18.1 Å². The first-order chi connectivity index (χ1) is 13.7. The van der Waals surface area contributed by atoms with E-state index in [0.717, 1.165) is 24.3 Å². The van der Waals surface area contributed by atoms with Crippen LogP contribution in [0.15, 0.2) is 60.7 Å². The Hall–Kier alpha value is -3.59. The van der Waals surface area contributed by atoms with Crippen LogP contribution in [-0.2, 0) is 0 Å². The van der Waals surface area contributed by atoms with E-state index in [2.05, 4.69) is 26.9 Å². The lowest BCUT2D eigenvalue weighted by Gasteiger charge is -2.17. The van der Waals surface area contributed by atoms with E-state index >= 15 is 0 Å². The lowest BCUT2D eigenvalue weighted by molar-refractivity contribution is 0.215. The maximum absolute atomic E-state index is 13.7. The molecule has 140 valence electrons. The fraction of sp³-hybridized carbons (Fsp3) is 0.182. The van der Waals surface area contributed by atoms with Crippen molar-refractivity contribution < 1.29 is 14.2 Å². The van der Waals surface area contributed by atoms with Gasteiger partial charge < -0.3 is 14.7 Å². The van der Waals surface area contributed by atoms with Gasteiger partial charge in [0, 0.05) is 18.5 Å². The molecule has 0 radical (unpaired) electrons. The van der Waals surface area contributed by atoms with Crippen LogP contribution in [0.1, 0.15) is 17.7 Å². The molecule has 1 aliphatic rings. The normalized spacial score (nSPS) is 15.8. The molecule has 0 spiro atoms. The smallest absolute Gasteiger partial charge is 0.165 e. The first-order valence-corrected chi connectivity index (χ1v) is 8.98. The van der Waals surface area contributed by atoms with Gasteiger partial charge in [-0.25, -0.2) is 4.39 Å². The Bertz CT molecular complexity index is 1010. The number of hydrogen-bond donors (Lipinski definition) is 1.